The van der Waals surface area contributed by atoms with Crippen LogP contribution in [0.25, 0.3) is 0 Å². The number of aliphatic carboxylic acids is 1. The van der Waals surface area contributed by atoms with Gasteiger partial charge < -0.3 is 15.2 Å². The van der Waals surface area contributed by atoms with Crippen LogP contribution in [0, 0.1) is 5.41 Å². The maximum absolute atomic E-state index is 12.2. The second-order valence-corrected chi connectivity index (χ2v) is 7.48. The third kappa shape index (κ3) is 3.23. The van der Waals surface area contributed by atoms with E-state index in [0.29, 0.717) is 11.5 Å². The number of Topliss-reactive ketones (excluding diaryl/α,β-unsaturated/α-hetero) is 1. The largest absolute Gasteiger partial charge is 0.479 e. The summed E-state index contributed by atoms with van der Waals surface area (Å²) in [5.74, 6) is -1.60. The van der Waals surface area contributed by atoms with Gasteiger partial charge in [-0.1, -0.05) is 19.9 Å². The van der Waals surface area contributed by atoms with Gasteiger partial charge in [0, 0.05) is 31.3 Å². The van der Waals surface area contributed by atoms with Crippen molar-refractivity contribution in [2.24, 2.45) is 5.41 Å². The number of nitrogens with one attached hydrogen (secondary N) is 1. The number of amides is 1. The van der Waals surface area contributed by atoms with E-state index in [1.807, 2.05) is 6.92 Å². The second kappa shape index (κ2) is 7.03. The lowest BCUT2D eigenvalue weighted by molar-refractivity contribution is -0.194. The van der Waals surface area contributed by atoms with Gasteiger partial charge in [-0.05, 0) is 18.4 Å². The lowest BCUT2D eigenvalue weighted by Crippen LogP contribution is -2.76. The number of carboxylic acid groups (broad SMARTS) is 1. The molecule has 1 amide bonds. The zero-order chi connectivity index (χ0) is 18.0. The quantitative estimate of drug-likeness (QED) is 0.701. The van der Waals surface area contributed by atoms with Crippen molar-refractivity contribution in [1.29, 1.82) is 0 Å². The molecule has 6 nitrogen and oxygen atoms in total. The Morgan fingerprint density at radius 2 is 2.08 bits per heavy atom. The zero-order valence-electron chi connectivity index (χ0n) is 14.1. The summed E-state index contributed by atoms with van der Waals surface area (Å²) in [6, 6.07) is 3.49. The molecule has 1 fully saturated rings. The summed E-state index contributed by atoms with van der Waals surface area (Å²) >= 11 is 1.33. The van der Waals surface area contributed by atoms with Crippen molar-refractivity contribution >= 4 is 29.0 Å². The molecule has 0 spiro atoms. The fourth-order valence-corrected chi connectivity index (χ4v) is 3.82. The lowest BCUT2D eigenvalue weighted by atomic mass is 9.54. The standard InChI is InChI=1S/C17H23NO5S/c1-4-23-13-10-17(15(21)22,16(13,2)3)18-14(20)8-7-11(19)12-6-5-9-24-12/h5-6,9,13H,4,7-8,10H2,1-3H3,(H,18,20)(H,21,22). The average molecular weight is 353 g/mol. The molecule has 1 aromatic heterocycles. The molecule has 1 aromatic rings. The maximum atomic E-state index is 12.2. The Bertz CT molecular complexity index is 625. The van der Waals surface area contributed by atoms with Crippen LogP contribution in [0.4, 0.5) is 0 Å². The molecule has 1 aliphatic carbocycles. The number of ether oxygens (including phenoxy) is 1. The molecule has 24 heavy (non-hydrogen) atoms. The molecule has 0 aliphatic heterocycles. The van der Waals surface area contributed by atoms with Crippen LogP contribution >= 0.6 is 11.3 Å². The molecular weight excluding hydrogens is 330 g/mol. The predicted molar refractivity (Wildman–Crippen MR) is 90.2 cm³/mol. The fourth-order valence-electron chi connectivity index (χ4n) is 3.12. The van der Waals surface area contributed by atoms with Gasteiger partial charge in [-0.2, -0.15) is 0 Å². The van der Waals surface area contributed by atoms with Crippen molar-refractivity contribution in [3.8, 4) is 0 Å². The first-order chi connectivity index (χ1) is 11.2. The smallest absolute Gasteiger partial charge is 0.330 e. The van der Waals surface area contributed by atoms with Crippen LogP contribution in [0.2, 0.25) is 0 Å². The van der Waals surface area contributed by atoms with E-state index in [1.165, 1.54) is 11.3 Å². The Hall–Kier alpha value is -1.73. The summed E-state index contributed by atoms with van der Waals surface area (Å²) in [5.41, 5.74) is -2.07. The normalized spacial score (nSPS) is 24.9. The Balaban J connectivity index is 1.98. The summed E-state index contributed by atoms with van der Waals surface area (Å²) in [4.78, 5) is 36.6. The SMILES string of the molecule is CCOC1CC(NC(=O)CCC(=O)c2cccs2)(C(=O)O)C1(C)C. The highest BCUT2D eigenvalue weighted by molar-refractivity contribution is 7.12. The second-order valence-electron chi connectivity index (χ2n) is 6.53. The predicted octanol–water partition coefficient (Wildman–Crippen LogP) is 2.49. The van der Waals surface area contributed by atoms with E-state index in [4.69, 9.17) is 4.74 Å². The van der Waals surface area contributed by atoms with E-state index >= 15 is 0 Å². The molecule has 1 heterocycles. The average Bonchev–Trinajstić information content (AvgIpc) is 3.05. The minimum atomic E-state index is -1.35. The van der Waals surface area contributed by atoms with Gasteiger partial charge in [0.15, 0.2) is 5.78 Å². The van der Waals surface area contributed by atoms with E-state index in [1.54, 1.807) is 31.4 Å². The summed E-state index contributed by atoms with van der Waals surface area (Å²) in [5, 5.41) is 14.1. The topological polar surface area (TPSA) is 92.7 Å². The summed E-state index contributed by atoms with van der Waals surface area (Å²) < 4.78 is 5.56. The number of ketones is 1. The van der Waals surface area contributed by atoms with Crippen molar-refractivity contribution in [2.75, 3.05) is 6.61 Å². The van der Waals surface area contributed by atoms with Crippen molar-refractivity contribution < 1.29 is 24.2 Å². The van der Waals surface area contributed by atoms with Crippen LogP contribution in [-0.2, 0) is 14.3 Å². The third-order valence-electron chi connectivity index (χ3n) is 4.86. The molecule has 2 N–H and O–H groups in total. The number of thiophene rings is 1. The highest BCUT2D eigenvalue weighted by atomic mass is 32.1. The molecule has 2 rings (SSSR count). The number of carbonyl (C=O) groups is 3. The lowest BCUT2D eigenvalue weighted by Gasteiger charge is -2.58. The number of hydrogen-bond acceptors (Lipinski definition) is 5. The van der Waals surface area contributed by atoms with Crippen molar-refractivity contribution in [3.63, 3.8) is 0 Å². The number of carbonyl (C=O) groups excluding carboxylic acids is 2. The molecule has 0 radical (unpaired) electrons. The Labute approximate surface area is 145 Å². The molecule has 1 saturated carbocycles. The molecule has 1 aliphatic rings. The molecule has 0 aromatic carbocycles. The van der Waals surface area contributed by atoms with E-state index in [2.05, 4.69) is 5.32 Å². The van der Waals surface area contributed by atoms with Gasteiger partial charge >= 0.3 is 5.97 Å². The third-order valence-corrected chi connectivity index (χ3v) is 5.77. The molecule has 132 valence electrons. The van der Waals surface area contributed by atoms with Crippen LogP contribution in [0.5, 0.6) is 0 Å². The molecule has 2 atom stereocenters. The van der Waals surface area contributed by atoms with Crippen LogP contribution < -0.4 is 5.32 Å². The first kappa shape index (κ1) is 18.6. The highest BCUT2D eigenvalue weighted by Gasteiger charge is 2.66. The molecule has 2 unspecified atom stereocenters. The van der Waals surface area contributed by atoms with Crippen molar-refractivity contribution in [3.05, 3.63) is 22.4 Å². The van der Waals surface area contributed by atoms with E-state index in [0.717, 1.165) is 0 Å². The van der Waals surface area contributed by atoms with Crippen LogP contribution in [-0.4, -0.2) is 41.0 Å². The summed E-state index contributed by atoms with van der Waals surface area (Å²) in [6.45, 7) is 5.91. The van der Waals surface area contributed by atoms with E-state index < -0.39 is 22.8 Å². The van der Waals surface area contributed by atoms with Gasteiger partial charge in [0.25, 0.3) is 0 Å². The minimum Gasteiger partial charge on any atom is -0.479 e. The molecule has 0 bridgehead atoms. The van der Waals surface area contributed by atoms with Gasteiger partial charge in [-0.25, -0.2) is 4.79 Å². The van der Waals surface area contributed by atoms with Gasteiger partial charge in [-0.3, -0.25) is 9.59 Å². The van der Waals surface area contributed by atoms with E-state index in [-0.39, 0.29) is 31.1 Å². The molecule has 7 heteroatoms. The first-order valence-corrected chi connectivity index (χ1v) is 8.85. The summed E-state index contributed by atoms with van der Waals surface area (Å²) in [7, 11) is 0. The minimum absolute atomic E-state index is 0.0266. The van der Waals surface area contributed by atoms with Gasteiger partial charge in [0.05, 0.1) is 11.0 Å². The highest BCUT2D eigenvalue weighted by Crippen LogP contribution is 2.51. The number of carboxylic acids is 1. The van der Waals surface area contributed by atoms with E-state index in [9.17, 15) is 19.5 Å². The summed E-state index contributed by atoms with van der Waals surface area (Å²) in [6.07, 6.45) is 0.0541. The maximum Gasteiger partial charge on any atom is 0.330 e. The fraction of sp³-hybridized carbons (Fsp3) is 0.588. The Morgan fingerprint density at radius 3 is 2.58 bits per heavy atom. The van der Waals surface area contributed by atoms with Gasteiger partial charge in [0.2, 0.25) is 5.91 Å². The van der Waals surface area contributed by atoms with Crippen molar-refractivity contribution in [1.82, 2.24) is 5.32 Å². The Morgan fingerprint density at radius 1 is 1.38 bits per heavy atom. The first-order valence-electron chi connectivity index (χ1n) is 7.97. The van der Waals surface area contributed by atoms with Gasteiger partial charge in [-0.15, -0.1) is 11.3 Å². The van der Waals surface area contributed by atoms with Gasteiger partial charge in [0.1, 0.15) is 5.54 Å². The number of rotatable bonds is 8. The van der Waals surface area contributed by atoms with Crippen molar-refractivity contribution in [2.45, 2.75) is 51.7 Å². The monoisotopic (exact) mass is 353 g/mol. The van der Waals surface area contributed by atoms with Crippen LogP contribution in [0.1, 0.15) is 49.7 Å². The zero-order valence-corrected chi connectivity index (χ0v) is 14.9. The Kier molecular flexibility index (Phi) is 5.45. The molecule has 0 saturated heterocycles. The van der Waals surface area contributed by atoms with Crippen LogP contribution in [0.3, 0.4) is 0 Å². The molecular formula is C17H23NO5S. The number of hydrogen-bond donors (Lipinski definition) is 2. The van der Waals surface area contributed by atoms with Crippen LogP contribution in [0.15, 0.2) is 17.5 Å².